The molecular weight excluding hydrogens is 398 g/mol. The number of carbonyl (C=O) groups excluding carboxylic acids is 1. The maximum absolute atomic E-state index is 12.9. The highest BCUT2D eigenvalue weighted by Gasteiger charge is 2.23. The minimum atomic E-state index is -0.0512. The molecule has 0 bridgehead atoms. The monoisotopic (exact) mass is 429 g/mol. The fourth-order valence-electron chi connectivity index (χ4n) is 4.55. The second-order valence-corrected chi connectivity index (χ2v) is 8.57. The third-order valence-electron chi connectivity index (χ3n) is 6.29. The average Bonchev–Trinajstić information content (AvgIpc) is 3.28. The smallest absolute Gasteiger partial charge is 0.228 e. The van der Waals surface area contributed by atoms with Crippen molar-refractivity contribution in [3.63, 3.8) is 0 Å². The second-order valence-electron chi connectivity index (χ2n) is 8.57. The molecular formula is C28H31NO3. The fourth-order valence-corrected chi connectivity index (χ4v) is 4.55. The van der Waals surface area contributed by atoms with Crippen molar-refractivity contribution in [3.8, 4) is 5.75 Å². The Labute approximate surface area is 190 Å². The molecule has 1 aliphatic rings. The molecule has 4 rings (SSSR count). The fraction of sp³-hybridized carbons (Fsp3) is 0.321. The molecule has 1 amide bonds. The molecule has 1 saturated carbocycles. The number of furan rings is 1. The Kier molecular flexibility index (Phi) is 6.79. The Bertz CT molecular complexity index is 1070. The number of hydrogen-bond acceptors (Lipinski definition) is 3. The van der Waals surface area contributed by atoms with E-state index in [-0.39, 0.29) is 5.91 Å². The molecule has 32 heavy (non-hydrogen) atoms. The molecule has 1 heterocycles. The molecule has 2 aromatic carbocycles. The number of anilines is 1. The number of rotatable bonds is 6. The van der Waals surface area contributed by atoms with E-state index in [1.807, 2.05) is 36.8 Å². The first kappa shape index (κ1) is 21.9. The largest absolute Gasteiger partial charge is 0.497 e. The van der Waals surface area contributed by atoms with Crippen LogP contribution in [0.2, 0.25) is 0 Å². The van der Waals surface area contributed by atoms with Crippen molar-refractivity contribution in [2.24, 2.45) is 0 Å². The first-order chi connectivity index (χ1) is 15.6. The first-order valence-corrected chi connectivity index (χ1v) is 11.4. The summed E-state index contributed by atoms with van der Waals surface area (Å²) in [6, 6.07) is 15.9. The summed E-state index contributed by atoms with van der Waals surface area (Å²) in [6.45, 7) is 3.67. The molecule has 0 radical (unpaired) electrons. The van der Waals surface area contributed by atoms with Crippen LogP contribution in [0.25, 0.3) is 11.8 Å². The predicted octanol–water partition coefficient (Wildman–Crippen LogP) is 7.20. The van der Waals surface area contributed by atoms with E-state index in [0.29, 0.717) is 5.92 Å². The van der Waals surface area contributed by atoms with Gasteiger partial charge in [-0.25, -0.2) is 0 Å². The lowest BCUT2D eigenvalue weighted by molar-refractivity contribution is -0.115. The molecule has 4 heteroatoms. The van der Waals surface area contributed by atoms with Crippen LogP contribution in [0.5, 0.6) is 5.75 Å². The van der Waals surface area contributed by atoms with E-state index in [0.717, 1.165) is 28.3 Å². The summed E-state index contributed by atoms with van der Waals surface area (Å²) in [7, 11) is 1.64. The lowest BCUT2D eigenvalue weighted by Crippen LogP contribution is -2.26. The van der Waals surface area contributed by atoms with Gasteiger partial charge in [0, 0.05) is 23.7 Å². The molecule has 0 aliphatic heterocycles. The number of benzene rings is 2. The topological polar surface area (TPSA) is 42.7 Å². The second kappa shape index (κ2) is 9.90. The van der Waals surface area contributed by atoms with Crippen molar-refractivity contribution in [1.82, 2.24) is 0 Å². The van der Waals surface area contributed by atoms with Gasteiger partial charge in [-0.15, -0.1) is 0 Å². The van der Waals surface area contributed by atoms with Crippen LogP contribution in [-0.2, 0) is 4.79 Å². The summed E-state index contributed by atoms with van der Waals surface area (Å²) >= 11 is 0. The van der Waals surface area contributed by atoms with Gasteiger partial charge in [0.05, 0.1) is 25.3 Å². The van der Waals surface area contributed by atoms with E-state index in [4.69, 9.17) is 9.15 Å². The highest BCUT2D eigenvalue weighted by molar-refractivity contribution is 6.08. The number of aryl methyl sites for hydroxylation is 1. The minimum Gasteiger partial charge on any atom is -0.497 e. The first-order valence-electron chi connectivity index (χ1n) is 11.4. The van der Waals surface area contributed by atoms with Crippen molar-refractivity contribution in [2.75, 3.05) is 12.0 Å². The van der Waals surface area contributed by atoms with Crippen molar-refractivity contribution in [1.29, 1.82) is 0 Å². The van der Waals surface area contributed by atoms with Gasteiger partial charge >= 0.3 is 0 Å². The number of nitrogens with zero attached hydrogens (tertiary/aromatic N) is 1. The van der Waals surface area contributed by atoms with Gasteiger partial charge in [0.25, 0.3) is 0 Å². The predicted molar refractivity (Wildman–Crippen MR) is 130 cm³/mol. The van der Waals surface area contributed by atoms with Gasteiger partial charge in [-0.1, -0.05) is 49.1 Å². The van der Waals surface area contributed by atoms with Crippen molar-refractivity contribution in [2.45, 2.75) is 51.9 Å². The summed E-state index contributed by atoms with van der Waals surface area (Å²) in [5.41, 5.74) is 6.09. The Morgan fingerprint density at radius 1 is 1.00 bits per heavy atom. The van der Waals surface area contributed by atoms with E-state index in [2.05, 4.69) is 37.3 Å². The van der Waals surface area contributed by atoms with Gasteiger partial charge in [0.2, 0.25) is 5.91 Å². The molecule has 0 N–H and O–H groups in total. The van der Waals surface area contributed by atoms with Gasteiger partial charge in [0.1, 0.15) is 5.75 Å². The van der Waals surface area contributed by atoms with Crippen molar-refractivity contribution < 1.29 is 13.9 Å². The van der Waals surface area contributed by atoms with Gasteiger partial charge in [-0.3, -0.25) is 9.69 Å². The molecule has 1 fully saturated rings. The van der Waals surface area contributed by atoms with Crippen LogP contribution in [0.15, 0.2) is 65.5 Å². The molecule has 0 unspecified atom stereocenters. The summed E-state index contributed by atoms with van der Waals surface area (Å²) in [4.78, 5) is 14.7. The van der Waals surface area contributed by atoms with E-state index < -0.39 is 0 Å². The zero-order valence-electron chi connectivity index (χ0n) is 19.1. The molecule has 4 nitrogen and oxygen atoms in total. The Balaban J connectivity index is 1.82. The number of carbonyl (C=O) groups is 1. The quantitative estimate of drug-likeness (QED) is 0.416. The maximum Gasteiger partial charge on any atom is 0.228 e. The Morgan fingerprint density at radius 2 is 1.69 bits per heavy atom. The van der Waals surface area contributed by atoms with Gasteiger partial charge in [-0.05, 0) is 61.6 Å². The Morgan fingerprint density at radius 3 is 2.31 bits per heavy atom. The maximum atomic E-state index is 12.9. The number of amides is 1. The van der Waals surface area contributed by atoms with E-state index >= 15 is 0 Å². The third-order valence-corrected chi connectivity index (χ3v) is 6.29. The van der Waals surface area contributed by atoms with Gasteiger partial charge in [-0.2, -0.15) is 0 Å². The average molecular weight is 430 g/mol. The normalized spacial score (nSPS) is 14.9. The molecule has 3 aromatic rings. The van der Waals surface area contributed by atoms with Gasteiger partial charge in [0.15, 0.2) is 0 Å². The van der Waals surface area contributed by atoms with Crippen LogP contribution >= 0.6 is 0 Å². The van der Waals surface area contributed by atoms with Crippen molar-refractivity contribution >= 4 is 23.4 Å². The van der Waals surface area contributed by atoms with Crippen LogP contribution in [0.1, 0.15) is 67.2 Å². The third kappa shape index (κ3) is 4.80. The molecule has 0 atom stereocenters. The summed E-state index contributed by atoms with van der Waals surface area (Å²) in [6.07, 6.45) is 12.0. The van der Waals surface area contributed by atoms with Crippen molar-refractivity contribution in [3.05, 3.63) is 83.3 Å². The van der Waals surface area contributed by atoms with E-state index in [1.165, 1.54) is 43.2 Å². The van der Waals surface area contributed by atoms with Gasteiger partial charge < -0.3 is 9.15 Å². The highest BCUT2D eigenvalue weighted by atomic mass is 16.5. The van der Waals surface area contributed by atoms with E-state index in [9.17, 15) is 4.79 Å². The molecule has 0 spiro atoms. The van der Waals surface area contributed by atoms with Crippen LogP contribution < -0.4 is 9.64 Å². The summed E-state index contributed by atoms with van der Waals surface area (Å²) in [5.74, 6) is 1.22. The van der Waals surface area contributed by atoms with Crippen LogP contribution in [0.3, 0.4) is 0 Å². The van der Waals surface area contributed by atoms with E-state index in [1.54, 1.807) is 18.9 Å². The zero-order valence-corrected chi connectivity index (χ0v) is 19.1. The molecule has 166 valence electrons. The number of hydrogen-bond donors (Lipinski definition) is 0. The zero-order chi connectivity index (χ0) is 22.5. The molecule has 1 aliphatic carbocycles. The standard InChI is InChI=1S/C28H31NO3/c1-20-9-11-23(12-10-20)28(29(21(2)30)25-13-15-26(31-3)16-14-25)17-24-18-32-19-27(24)22-7-5-4-6-8-22/h9-19,22H,4-8H2,1-3H3/b28-17+. The summed E-state index contributed by atoms with van der Waals surface area (Å²) in [5, 5.41) is 0. The molecule has 1 aromatic heterocycles. The highest BCUT2D eigenvalue weighted by Crippen LogP contribution is 2.37. The summed E-state index contributed by atoms with van der Waals surface area (Å²) < 4.78 is 11.0. The number of ether oxygens (including phenoxy) is 1. The number of methoxy groups -OCH3 is 1. The lowest BCUT2D eigenvalue weighted by Gasteiger charge is -2.26. The minimum absolute atomic E-state index is 0.0512. The SMILES string of the molecule is COc1ccc(N(C(C)=O)/C(=C/c2cocc2C2CCCCC2)c2ccc(C)cc2)cc1. The Hall–Kier alpha value is -3.27. The van der Waals surface area contributed by atoms with Crippen LogP contribution in [0.4, 0.5) is 5.69 Å². The lowest BCUT2D eigenvalue weighted by atomic mass is 9.83. The molecule has 0 saturated heterocycles. The van der Waals surface area contributed by atoms with Crippen LogP contribution in [-0.4, -0.2) is 13.0 Å². The van der Waals surface area contributed by atoms with Crippen LogP contribution in [0, 0.1) is 6.92 Å².